The van der Waals surface area contributed by atoms with E-state index in [9.17, 15) is 4.79 Å². The number of nitrogens with zero attached hydrogens (tertiary/aromatic N) is 1. The van der Waals surface area contributed by atoms with Gasteiger partial charge >= 0.3 is 0 Å². The van der Waals surface area contributed by atoms with Crippen LogP contribution >= 0.6 is 0 Å². The van der Waals surface area contributed by atoms with Gasteiger partial charge in [0.05, 0.1) is 6.54 Å². The smallest absolute Gasteiger partial charge is 0.234 e. The lowest BCUT2D eigenvalue weighted by Crippen LogP contribution is -2.50. The van der Waals surface area contributed by atoms with Crippen molar-refractivity contribution in [1.82, 2.24) is 10.2 Å². The number of likely N-dealkylation sites (tertiary alicyclic amines) is 1. The normalized spacial score (nSPS) is 31.2. The topological polar surface area (TPSA) is 32.3 Å². The maximum Gasteiger partial charge on any atom is 0.234 e. The molecule has 104 valence electrons. The maximum atomic E-state index is 12.1. The van der Waals surface area contributed by atoms with E-state index in [0.29, 0.717) is 24.7 Å². The number of carbonyl (C=O) groups is 1. The van der Waals surface area contributed by atoms with Crippen LogP contribution in [0.4, 0.5) is 0 Å². The van der Waals surface area contributed by atoms with Gasteiger partial charge < -0.3 is 5.32 Å². The SMILES string of the molecule is C[C@H]1CCC[C@H](C)N1CC(=O)NC1CCCCC1. The van der Waals surface area contributed by atoms with Crippen molar-refractivity contribution in [1.29, 1.82) is 0 Å². The number of piperidine rings is 1. The Morgan fingerprint density at radius 2 is 1.61 bits per heavy atom. The minimum Gasteiger partial charge on any atom is -0.352 e. The van der Waals surface area contributed by atoms with Crippen molar-refractivity contribution in [2.45, 2.75) is 83.3 Å². The summed E-state index contributed by atoms with van der Waals surface area (Å²) in [5, 5.41) is 3.23. The Morgan fingerprint density at radius 3 is 2.22 bits per heavy atom. The lowest BCUT2D eigenvalue weighted by Gasteiger charge is -2.38. The molecule has 2 aliphatic rings. The molecular weight excluding hydrogens is 224 g/mol. The van der Waals surface area contributed by atoms with Gasteiger partial charge in [-0.3, -0.25) is 9.69 Å². The van der Waals surface area contributed by atoms with E-state index in [-0.39, 0.29) is 5.91 Å². The summed E-state index contributed by atoms with van der Waals surface area (Å²) in [7, 11) is 0. The van der Waals surface area contributed by atoms with Gasteiger partial charge in [-0.1, -0.05) is 25.7 Å². The van der Waals surface area contributed by atoms with Crippen LogP contribution in [0.15, 0.2) is 0 Å². The van der Waals surface area contributed by atoms with Crippen LogP contribution in [-0.2, 0) is 4.79 Å². The van der Waals surface area contributed by atoms with E-state index in [2.05, 4.69) is 24.1 Å². The summed E-state index contributed by atoms with van der Waals surface area (Å²) in [6.07, 6.45) is 10.0. The van der Waals surface area contributed by atoms with Crippen molar-refractivity contribution in [2.24, 2.45) is 0 Å². The Morgan fingerprint density at radius 1 is 1.00 bits per heavy atom. The molecule has 2 rings (SSSR count). The molecular formula is C15H28N2O. The Kier molecular flexibility index (Phi) is 5.04. The van der Waals surface area contributed by atoms with Crippen molar-refractivity contribution < 1.29 is 4.79 Å². The zero-order chi connectivity index (χ0) is 13.0. The molecule has 1 saturated heterocycles. The average molecular weight is 252 g/mol. The fraction of sp³-hybridized carbons (Fsp3) is 0.933. The monoisotopic (exact) mass is 252 g/mol. The summed E-state index contributed by atoms with van der Waals surface area (Å²) in [5.41, 5.74) is 0. The molecule has 0 spiro atoms. The Balaban J connectivity index is 1.78. The van der Waals surface area contributed by atoms with Crippen molar-refractivity contribution in [3.05, 3.63) is 0 Å². The average Bonchev–Trinajstić information content (AvgIpc) is 2.35. The third-order valence-corrected chi connectivity index (χ3v) is 4.67. The molecule has 1 amide bonds. The fourth-order valence-electron chi connectivity index (χ4n) is 3.47. The standard InChI is InChI=1S/C15H28N2O/c1-12-7-6-8-13(2)17(12)11-15(18)16-14-9-4-3-5-10-14/h12-14H,3-11H2,1-2H3,(H,16,18)/t12-,13-/m0/s1. The summed E-state index contributed by atoms with van der Waals surface area (Å²) in [5.74, 6) is 0.238. The molecule has 1 heterocycles. The predicted molar refractivity (Wildman–Crippen MR) is 74.5 cm³/mol. The van der Waals surface area contributed by atoms with Crippen LogP contribution in [0, 0.1) is 0 Å². The van der Waals surface area contributed by atoms with Crippen molar-refractivity contribution in [3.63, 3.8) is 0 Å². The molecule has 2 fully saturated rings. The van der Waals surface area contributed by atoms with E-state index < -0.39 is 0 Å². The van der Waals surface area contributed by atoms with Gasteiger partial charge in [-0.15, -0.1) is 0 Å². The summed E-state index contributed by atoms with van der Waals surface area (Å²) >= 11 is 0. The number of amides is 1. The molecule has 1 aliphatic carbocycles. The molecule has 18 heavy (non-hydrogen) atoms. The van der Waals surface area contributed by atoms with Gasteiger partial charge in [0, 0.05) is 18.1 Å². The Hall–Kier alpha value is -0.570. The van der Waals surface area contributed by atoms with Crippen molar-refractivity contribution in [3.8, 4) is 0 Å². The van der Waals surface area contributed by atoms with Gasteiger partial charge in [0.2, 0.25) is 5.91 Å². The molecule has 0 bridgehead atoms. The predicted octanol–water partition coefficient (Wildman–Crippen LogP) is 2.70. The van der Waals surface area contributed by atoms with Crippen molar-refractivity contribution >= 4 is 5.91 Å². The number of nitrogens with one attached hydrogen (secondary N) is 1. The summed E-state index contributed by atoms with van der Waals surface area (Å²) in [4.78, 5) is 14.5. The third kappa shape index (κ3) is 3.71. The quantitative estimate of drug-likeness (QED) is 0.837. The second-order valence-corrected chi connectivity index (χ2v) is 6.20. The molecule has 1 saturated carbocycles. The highest BCUT2D eigenvalue weighted by atomic mass is 16.2. The summed E-state index contributed by atoms with van der Waals surface area (Å²) in [6, 6.07) is 1.57. The summed E-state index contributed by atoms with van der Waals surface area (Å²) in [6.45, 7) is 5.10. The van der Waals surface area contributed by atoms with E-state index in [1.54, 1.807) is 0 Å². The van der Waals surface area contributed by atoms with Gasteiger partial charge in [0.15, 0.2) is 0 Å². The maximum absolute atomic E-state index is 12.1. The van der Waals surface area contributed by atoms with Gasteiger partial charge in [0.25, 0.3) is 0 Å². The van der Waals surface area contributed by atoms with E-state index in [4.69, 9.17) is 0 Å². The van der Waals surface area contributed by atoms with Crippen LogP contribution in [0.25, 0.3) is 0 Å². The molecule has 2 atom stereocenters. The largest absolute Gasteiger partial charge is 0.352 e. The van der Waals surface area contributed by atoms with Crippen LogP contribution in [0.1, 0.15) is 65.2 Å². The summed E-state index contributed by atoms with van der Waals surface area (Å²) < 4.78 is 0. The lowest BCUT2D eigenvalue weighted by atomic mass is 9.95. The first-order chi connectivity index (χ1) is 8.66. The zero-order valence-corrected chi connectivity index (χ0v) is 12.0. The van der Waals surface area contributed by atoms with E-state index in [1.807, 2.05) is 0 Å². The number of carbonyl (C=O) groups excluding carboxylic acids is 1. The van der Waals surface area contributed by atoms with Gasteiger partial charge in [-0.25, -0.2) is 0 Å². The number of hydrogen-bond donors (Lipinski definition) is 1. The van der Waals surface area contributed by atoms with E-state index >= 15 is 0 Å². The Labute approximate surface area is 111 Å². The highest BCUT2D eigenvalue weighted by molar-refractivity contribution is 5.78. The van der Waals surface area contributed by atoms with Gasteiger partial charge in [0.1, 0.15) is 0 Å². The van der Waals surface area contributed by atoms with Crippen LogP contribution < -0.4 is 5.32 Å². The highest BCUT2D eigenvalue weighted by Gasteiger charge is 2.27. The molecule has 0 aromatic rings. The number of rotatable bonds is 3. The lowest BCUT2D eigenvalue weighted by molar-refractivity contribution is -0.124. The van der Waals surface area contributed by atoms with Crippen LogP contribution in [0.2, 0.25) is 0 Å². The first-order valence-corrected chi connectivity index (χ1v) is 7.72. The van der Waals surface area contributed by atoms with Crippen LogP contribution in [0.5, 0.6) is 0 Å². The Bertz CT molecular complexity index is 264. The van der Waals surface area contributed by atoms with E-state index in [0.717, 1.165) is 0 Å². The molecule has 0 aromatic heterocycles. The molecule has 0 aromatic carbocycles. The first kappa shape index (κ1) is 13.9. The van der Waals surface area contributed by atoms with Gasteiger partial charge in [-0.05, 0) is 39.5 Å². The van der Waals surface area contributed by atoms with Crippen LogP contribution in [-0.4, -0.2) is 35.5 Å². The molecule has 0 radical (unpaired) electrons. The zero-order valence-electron chi connectivity index (χ0n) is 12.0. The minimum absolute atomic E-state index is 0.238. The minimum atomic E-state index is 0.238. The van der Waals surface area contributed by atoms with E-state index in [1.165, 1.54) is 51.4 Å². The second kappa shape index (κ2) is 6.55. The molecule has 1 N–H and O–H groups in total. The molecule has 3 nitrogen and oxygen atoms in total. The third-order valence-electron chi connectivity index (χ3n) is 4.67. The van der Waals surface area contributed by atoms with Gasteiger partial charge in [-0.2, -0.15) is 0 Å². The number of hydrogen-bond acceptors (Lipinski definition) is 2. The fourth-order valence-corrected chi connectivity index (χ4v) is 3.47. The molecule has 3 heteroatoms. The highest BCUT2D eigenvalue weighted by Crippen LogP contribution is 2.22. The van der Waals surface area contributed by atoms with Crippen molar-refractivity contribution in [2.75, 3.05) is 6.54 Å². The second-order valence-electron chi connectivity index (χ2n) is 6.20. The molecule has 0 unspecified atom stereocenters. The first-order valence-electron chi connectivity index (χ1n) is 7.72. The molecule has 1 aliphatic heterocycles. The van der Waals surface area contributed by atoms with Crippen LogP contribution in [0.3, 0.4) is 0 Å².